The summed E-state index contributed by atoms with van der Waals surface area (Å²) in [6, 6.07) is 6.63. The zero-order chi connectivity index (χ0) is 12.4. The van der Waals surface area contributed by atoms with E-state index in [-0.39, 0.29) is 0 Å². The van der Waals surface area contributed by atoms with Gasteiger partial charge in [-0.15, -0.1) is 0 Å². The van der Waals surface area contributed by atoms with Crippen LogP contribution in [0.1, 0.15) is 30.9 Å². The molecule has 0 fully saturated rings. The molecule has 0 N–H and O–H groups in total. The summed E-state index contributed by atoms with van der Waals surface area (Å²) in [5.74, 6) is 0. The lowest BCUT2D eigenvalue weighted by molar-refractivity contribution is 0.356. The van der Waals surface area contributed by atoms with Crippen molar-refractivity contribution in [1.29, 1.82) is 0 Å². The molecule has 1 aliphatic heterocycles. The summed E-state index contributed by atoms with van der Waals surface area (Å²) >= 11 is 3.54. The Kier molecular flexibility index (Phi) is 4.05. The molecule has 17 heavy (non-hydrogen) atoms. The molecule has 92 valence electrons. The fourth-order valence-corrected chi connectivity index (χ4v) is 3.07. The van der Waals surface area contributed by atoms with Gasteiger partial charge in [-0.3, -0.25) is 0 Å². The molecule has 0 aliphatic carbocycles. The molecule has 0 saturated carbocycles. The van der Waals surface area contributed by atoms with Gasteiger partial charge >= 0.3 is 0 Å². The first-order valence-electron chi connectivity index (χ1n) is 6.27. The van der Waals surface area contributed by atoms with Gasteiger partial charge in [0.1, 0.15) is 0 Å². The second kappa shape index (κ2) is 5.36. The molecule has 0 aromatic heterocycles. The third-order valence-electron chi connectivity index (χ3n) is 3.57. The first-order valence-corrected chi connectivity index (χ1v) is 7.07. The molecule has 1 aromatic rings. The van der Waals surface area contributed by atoms with Crippen LogP contribution >= 0.6 is 15.9 Å². The van der Waals surface area contributed by atoms with E-state index in [2.05, 4.69) is 59.9 Å². The van der Waals surface area contributed by atoms with Crippen molar-refractivity contribution in [1.82, 2.24) is 4.90 Å². The average molecular weight is 294 g/mol. The highest BCUT2D eigenvalue weighted by Gasteiger charge is 2.17. The summed E-state index contributed by atoms with van der Waals surface area (Å²) in [6.07, 6.45) is 2.34. The number of rotatable bonds is 2. The lowest BCUT2D eigenvalue weighted by Crippen LogP contribution is -2.27. The highest BCUT2D eigenvalue weighted by atomic mass is 79.9. The van der Waals surface area contributed by atoms with Crippen LogP contribution in [0.15, 0.2) is 28.2 Å². The van der Waals surface area contributed by atoms with Gasteiger partial charge in [-0.25, -0.2) is 0 Å². The van der Waals surface area contributed by atoms with Crippen molar-refractivity contribution in [2.75, 3.05) is 20.1 Å². The highest BCUT2D eigenvalue weighted by molar-refractivity contribution is 9.10. The van der Waals surface area contributed by atoms with E-state index in [0.29, 0.717) is 0 Å². The van der Waals surface area contributed by atoms with Gasteiger partial charge in [0.05, 0.1) is 0 Å². The Morgan fingerprint density at radius 2 is 2.12 bits per heavy atom. The van der Waals surface area contributed by atoms with Crippen molar-refractivity contribution >= 4 is 21.5 Å². The maximum Gasteiger partial charge on any atom is 0.0195 e. The van der Waals surface area contributed by atoms with Crippen LogP contribution in [0, 0.1) is 6.92 Å². The van der Waals surface area contributed by atoms with Gasteiger partial charge in [-0.05, 0) is 55.6 Å². The van der Waals surface area contributed by atoms with Crippen LogP contribution in [0.4, 0.5) is 0 Å². The second-order valence-corrected chi connectivity index (χ2v) is 5.80. The Labute approximate surface area is 113 Å². The Balaban J connectivity index is 2.43. The Bertz CT molecular complexity index is 448. The number of aryl methyl sites for hydroxylation is 1. The monoisotopic (exact) mass is 293 g/mol. The van der Waals surface area contributed by atoms with E-state index < -0.39 is 0 Å². The molecule has 0 spiro atoms. The molecule has 0 unspecified atom stereocenters. The molecule has 2 rings (SSSR count). The Hall–Kier alpha value is -0.600. The van der Waals surface area contributed by atoms with E-state index >= 15 is 0 Å². The van der Waals surface area contributed by atoms with Crippen LogP contribution in [0.5, 0.6) is 0 Å². The van der Waals surface area contributed by atoms with Crippen LogP contribution in [0.2, 0.25) is 0 Å². The van der Waals surface area contributed by atoms with Crippen molar-refractivity contribution in [2.24, 2.45) is 0 Å². The van der Waals surface area contributed by atoms with Gasteiger partial charge in [0.25, 0.3) is 0 Å². The topological polar surface area (TPSA) is 3.24 Å². The minimum Gasteiger partial charge on any atom is -0.302 e. The first-order chi connectivity index (χ1) is 8.11. The highest BCUT2D eigenvalue weighted by Crippen LogP contribution is 2.31. The number of halogens is 1. The SMILES string of the molecule is CCC1=C(c2ccc(Br)cc2C)CCN(C)C1. The third kappa shape index (κ3) is 2.80. The standard InChI is InChI=1S/C15H20BrN/c1-4-12-10-17(3)8-7-15(12)14-6-5-13(16)9-11(14)2/h5-6,9H,4,7-8,10H2,1-3H3. The van der Waals surface area contributed by atoms with E-state index in [1.807, 2.05) is 0 Å². The van der Waals surface area contributed by atoms with Crippen molar-refractivity contribution in [3.05, 3.63) is 39.4 Å². The summed E-state index contributed by atoms with van der Waals surface area (Å²) in [7, 11) is 2.21. The number of hydrogen-bond acceptors (Lipinski definition) is 1. The summed E-state index contributed by atoms with van der Waals surface area (Å²) in [5, 5.41) is 0. The van der Waals surface area contributed by atoms with Crippen molar-refractivity contribution in [3.63, 3.8) is 0 Å². The number of benzene rings is 1. The van der Waals surface area contributed by atoms with Crippen LogP contribution < -0.4 is 0 Å². The van der Waals surface area contributed by atoms with Crippen molar-refractivity contribution < 1.29 is 0 Å². The summed E-state index contributed by atoms with van der Waals surface area (Å²) in [4.78, 5) is 2.41. The molecule has 0 bridgehead atoms. The zero-order valence-electron chi connectivity index (χ0n) is 10.9. The summed E-state index contributed by atoms with van der Waals surface area (Å²) < 4.78 is 1.17. The molecule has 0 amide bonds. The van der Waals surface area contributed by atoms with Gasteiger partial charge in [-0.2, -0.15) is 0 Å². The Morgan fingerprint density at radius 1 is 1.35 bits per heavy atom. The fraction of sp³-hybridized carbons (Fsp3) is 0.467. The third-order valence-corrected chi connectivity index (χ3v) is 4.06. The van der Waals surface area contributed by atoms with Crippen LogP contribution in [-0.4, -0.2) is 25.0 Å². The molecular weight excluding hydrogens is 274 g/mol. The number of nitrogens with zero attached hydrogens (tertiary/aromatic N) is 1. The second-order valence-electron chi connectivity index (χ2n) is 4.88. The smallest absolute Gasteiger partial charge is 0.0195 e. The summed E-state index contributed by atoms with van der Waals surface area (Å²) in [6.45, 7) is 6.77. The molecule has 1 nitrogen and oxygen atoms in total. The number of likely N-dealkylation sites (N-methyl/N-ethyl adjacent to an activating group) is 1. The van der Waals surface area contributed by atoms with Crippen LogP contribution in [0.3, 0.4) is 0 Å². The maximum atomic E-state index is 3.54. The Morgan fingerprint density at radius 3 is 2.76 bits per heavy atom. The minimum atomic E-state index is 1.13. The van der Waals surface area contributed by atoms with Gasteiger partial charge in [-0.1, -0.05) is 34.5 Å². The molecule has 0 saturated heterocycles. The lowest BCUT2D eigenvalue weighted by Gasteiger charge is -2.28. The number of hydrogen-bond donors (Lipinski definition) is 0. The van der Waals surface area contributed by atoms with Gasteiger partial charge in [0, 0.05) is 17.6 Å². The quantitative estimate of drug-likeness (QED) is 0.788. The van der Waals surface area contributed by atoms with E-state index in [1.54, 1.807) is 11.1 Å². The lowest BCUT2D eigenvalue weighted by atomic mass is 9.90. The van der Waals surface area contributed by atoms with Crippen LogP contribution in [0.25, 0.3) is 5.57 Å². The molecular formula is C15H20BrN. The normalized spacial score (nSPS) is 17.6. The first kappa shape index (κ1) is 12.8. The predicted octanol–water partition coefficient (Wildman–Crippen LogP) is 4.26. The van der Waals surface area contributed by atoms with Gasteiger partial charge < -0.3 is 4.90 Å². The molecule has 1 heterocycles. The van der Waals surface area contributed by atoms with Crippen molar-refractivity contribution in [2.45, 2.75) is 26.7 Å². The fourth-order valence-electron chi connectivity index (χ4n) is 2.60. The molecule has 1 aromatic carbocycles. The van der Waals surface area contributed by atoms with E-state index in [0.717, 1.165) is 13.0 Å². The van der Waals surface area contributed by atoms with E-state index in [1.165, 1.54) is 28.6 Å². The molecule has 0 atom stereocenters. The van der Waals surface area contributed by atoms with Gasteiger partial charge in [0.2, 0.25) is 0 Å². The van der Waals surface area contributed by atoms with Crippen molar-refractivity contribution in [3.8, 4) is 0 Å². The largest absolute Gasteiger partial charge is 0.302 e. The van der Waals surface area contributed by atoms with Crippen LogP contribution in [-0.2, 0) is 0 Å². The molecule has 2 heteroatoms. The van der Waals surface area contributed by atoms with E-state index in [4.69, 9.17) is 0 Å². The average Bonchev–Trinajstić information content (AvgIpc) is 2.30. The van der Waals surface area contributed by atoms with E-state index in [9.17, 15) is 0 Å². The molecule has 1 aliphatic rings. The minimum absolute atomic E-state index is 1.13. The van der Waals surface area contributed by atoms with Gasteiger partial charge in [0.15, 0.2) is 0 Å². The maximum absolute atomic E-state index is 3.54. The zero-order valence-corrected chi connectivity index (χ0v) is 12.5. The molecule has 0 radical (unpaired) electrons. The predicted molar refractivity (Wildman–Crippen MR) is 78.2 cm³/mol. The summed E-state index contributed by atoms with van der Waals surface area (Å²) in [5.41, 5.74) is 6.00.